The third-order valence-corrected chi connectivity index (χ3v) is 5.41. The van der Waals surface area contributed by atoms with Gasteiger partial charge in [0.25, 0.3) is 0 Å². The number of anilines is 1. The van der Waals surface area contributed by atoms with E-state index < -0.39 is 11.9 Å². The highest BCUT2D eigenvalue weighted by Gasteiger charge is 2.25. The Bertz CT molecular complexity index is 1400. The number of ether oxygens (including phenoxy) is 2. The van der Waals surface area contributed by atoms with Crippen molar-refractivity contribution in [2.75, 3.05) is 19.0 Å². The zero-order chi connectivity index (χ0) is 24.2. The molecule has 174 valence electrons. The first-order chi connectivity index (χ1) is 16.4. The Morgan fingerprint density at radius 3 is 2.74 bits per heavy atom. The van der Waals surface area contributed by atoms with E-state index in [0.29, 0.717) is 58.9 Å². The van der Waals surface area contributed by atoms with Crippen molar-refractivity contribution in [2.24, 2.45) is 0 Å². The summed E-state index contributed by atoms with van der Waals surface area (Å²) in [5.41, 5.74) is 2.88. The van der Waals surface area contributed by atoms with Crippen molar-refractivity contribution >= 4 is 40.2 Å². The number of benzene rings is 2. The number of fused-ring (bicyclic) bond motifs is 2. The largest absolute Gasteiger partial charge is 0.492 e. The lowest BCUT2D eigenvalue weighted by molar-refractivity contribution is -0.131. The predicted molar refractivity (Wildman–Crippen MR) is 128 cm³/mol. The summed E-state index contributed by atoms with van der Waals surface area (Å²) in [5.74, 6) is -0.0802. The number of hydrogen-bond donors (Lipinski definition) is 2. The van der Waals surface area contributed by atoms with Crippen LogP contribution in [0.5, 0.6) is 11.5 Å². The Labute approximate surface area is 195 Å². The molecule has 1 amide bonds. The molecule has 2 N–H and O–H groups in total. The van der Waals surface area contributed by atoms with E-state index in [9.17, 15) is 14.4 Å². The second-order valence-electron chi connectivity index (χ2n) is 7.59. The molecule has 0 spiro atoms. The smallest absolute Gasteiger partial charge is 0.328 e. The maximum absolute atomic E-state index is 13.1. The van der Waals surface area contributed by atoms with E-state index in [4.69, 9.17) is 19.0 Å². The number of carboxylic acid groups (broad SMARTS) is 1. The molecule has 0 saturated heterocycles. The van der Waals surface area contributed by atoms with Gasteiger partial charge in [-0.2, -0.15) is 0 Å². The normalized spacial score (nSPS) is 13.9. The molecule has 0 bridgehead atoms. The van der Waals surface area contributed by atoms with Crippen LogP contribution in [0.4, 0.5) is 5.69 Å². The number of methoxy groups -OCH3 is 1. The van der Waals surface area contributed by atoms with Crippen LogP contribution in [0, 0.1) is 0 Å². The molecule has 8 nitrogen and oxygen atoms in total. The van der Waals surface area contributed by atoms with E-state index in [1.54, 1.807) is 25.3 Å². The molecule has 0 atom stereocenters. The molecule has 2 aromatic carbocycles. The first-order valence-corrected chi connectivity index (χ1v) is 10.7. The quantitative estimate of drug-likeness (QED) is 0.505. The standard InChI is InChI=1S/C26H23NO7/c1-3-33-20-6-4-5-15(26(20)32-2)13-16-7-9-19-24(31)18-10-8-17(14-21(18)34-25(16)19)27-22(28)11-12-23(29)30/h4-6,8,10-14H,3,7,9H2,1-2H3,(H,27,28)(H,29,30)/b12-11+,16-13?. The molecule has 0 fully saturated rings. The van der Waals surface area contributed by atoms with Gasteiger partial charge < -0.3 is 24.3 Å². The highest BCUT2D eigenvalue weighted by molar-refractivity contribution is 6.03. The van der Waals surface area contributed by atoms with Crippen molar-refractivity contribution in [3.05, 3.63) is 75.7 Å². The molecule has 3 aromatic rings. The molecule has 4 rings (SSSR count). The summed E-state index contributed by atoms with van der Waals surface area (Å²) in [6.07, 6.45) is 4.79. The van der Waals surface area contributed by atoms with Crippen LogP contribution in [-0.4, -0.2) is 30.7 Å². The first-order valence-electron chi connectivity index (χ1n) is 10.7. The molecule has 0 saturated carbocycles. The van der Waals surface area contributed by atoms with Crippen LogP contribution >= 0.6 is 0 Å². The number of rotatable bonds is 7. The van der Waals surface area contributed by atoms with Crippen molar-refractivity contribution < 1.29 is 28.6 Å². The van der Waals surface area contributed by atoms with E-state index in [0.717, 1.165) is 23.3 Å². The Morgan fingerprint density at radius 1 is 1.18 bits per heavy atom. The van der Waals surface area contributed by atoms with Crippen LogP contribution in [0.25, 0.3) is 22.6 Å². The summed E-state index contributed by atoms with van der Waals surface area (Å²) in [6.45, 7) is 2.40. The minimum absolute atomic E-state index is 0.113. The van der Waals surface area contributed by atoms with Crippen LogP contribution in [0.2, 0.25) is 0 Å². The Balaban J connectivity index is 1.74. The van der Waals surface area contributed by atoms with Crippen molar-refractivity contribution in [2.45, 2.75) is 19.8 Å². The van der Waals surface area contributed by atoms with Gasteiger partial charge >= 0.3 is 5.97 Å². The van der Waals surface area contributed by atoms with Gasteiger partial charge in [0.05, 0.1) is 19.1 Å². The highest BCUT2D eigenvalue weighted by atomic mass is 16.5. The van der Waals surface area contributed by atoms with Gasteiger partial charge in [-0.15, -0.1) is 0 Å². The lowest BCUT2D eigenvalue weighted by atomic mass is 10.1. The number of para-hydroxylation sites is 1. The highest BCUT2D eigenvalue weighted by Crippen LogP contribution is 2.38. The van der Waals surface area contributed by atoms with Gasteiger partial charge in [-0.25, -0.2) is 4.79 Å². The Morgan fingerprint density at radius 2 is 2.00 bits per heavy atom. The number of aliphatic carboxylic acids is 1. The molecule has 0 radical (unpaired) electrons. The monoisotopic (exact) mass is 461 g/mol. The zero-order valence-corrected chi connectivity index (χ0v) is 18.7. The molecule has 34 heavy (non-hydrogen) atoms. The number of carbonyl (C=O) groups is 2. The molecule has 1 aliphatic rings. The summed E-state index contributed by atoms with van der Waals surface area (Å²) < 4.78 is 17.4. The van der Waals surface area contributed by atoms with Gasteiger partial charge in [-0.05, 0) is 49.6 Å². The average molecular weight is 461 g/mol. The molecular formula is C26H23NO7. The molecule has 1 aromatic heterocycles. The molecule has 8 heteroatoms. The van der Waals surface area contributed by atoms with Crippen molar-refractivity contribution in [1.29, 1.82) is 0 Å². The lowest BCUT2D eigenvalue weighted by Gasteiger charge is -2.12. The second kappa shape index (κ2) is 9.66. The number of allylic oxidation sites excluding steroid dienone is 1. The van der Waals surface area contributed by atoms with Gasteiger partial charge in [0.2, 0.25) is 5.91 Å². The van der Waals surface area contributed by atoms with Crippen LogP contribution < -0.4 is 20.2 Å². The number of amides is 1. The molecule has 1 aliphatic carbocycles. The van der Waals surface area contributed by atoms with E-state index in [1.807, 2.05) is 31.2 Å². The summed E-state index contributed by atoms with van der Waals surface area (Å²) in [6, 6.07) is 10.3. The zero-order valence-electron chi connectivity index (χ0n) is 18.7. The molecule has 0 aliphatic heterocycles. The SMILES string of the molecule is CCOc1cccc(C=C2CCc3c2oc2cc(NC(=O)/C=C/C(=O)O)ccc2c3=O)c1OC. The Kier molecular flexibility index (Phi) is 6.49. The van der Waals surface area contributed by atoms with Gasteiger partial charge in [-0.1, -0.05) is 12.1 Å². The van der Waals surface area contributed by atoms with Gasteiger partial charge in [0.15, 0.2) is 16.9 Å². The minimum Gasteiger partial charge on any atom is -0.492 e. The molecule has 1 heterocycles. The molecular weight excluding hydrogens is 438 g/mol. The number of hydrogen-bond acceptors (Lipinski definition) is 6. The van der Waals surface area contributed by atoms with Gasteiger partial charge in [0, 0.05) is 35.0 Å². The summed E-state index contributed by atoms with van der Waals surface area (Å²) in [5, 5.41) is 11.6. The maximum atomic E-state index is 13.1. The number of carboxylic acids is 1. The summed E-state index contributed by atoms with van der Waals surface area (Å²) >= 11 is 0. The molecule has 0 unspecified atom stereocenters. The fraction of sp³-hybridized carbons (Fsp3) is 0.192. The Hall–Kier alpha value is -4.33. The van der Waals surface area contributed by atoms with Crippen LogP contribution in [0.15, 0.2) is 57.8 Å². The van der Waals surface area contributed by atoms with Gasteiger partial charge in [-0.3, -0.25) is 9.59 Å². The topological polar surface area (TPSA) is 115 Å². The maximum Gasteiger partial charge on any atom is 0.328 e. The summed E-state index contributed by atoms with van der Waals surface area (Å²) in [4.78, 5) is 35.6. The van der Waals surface area contributed by atoms with Crippen molar-refractivity contribution in [3.63, 3.8) is 0 Å². The van der Waals surface area contributed by atoms with Crippen molar-refractivity contribution in [1.82, 2.24) is 0 Å². The average Bonchev–Trinajstić information content (AvgIpc) is 3.21. The van der Waals surface area contributed by atoms with Crippen molar-refractivity contribution in [3.8, 4) is 11.5 Å². The second-order valence-corrected chi connectivity index (χ2v) is 7.59. The number of nitrogens with one attached hydrogen (secondary N) is 1. The number of carbonyl (C=O) groups excluding carboxylic acids is 1. The van der Waals surface area contributed by atoms with Crippen LogP contribution in [0.3, 0.4) is 0 Å². The van der Waals surface area contributed by atoms with E-state index in [1.165, 1.54) is 0 Å². The predicted octanol–water partition coefficient (Wildman–Crippen LogP) is 4.27. The fourth-order valence-electron chi connectivity index (χ4n) is 3.96. The minimum atomic E-state index is -1.22. The summed E-state index contributed by atoms with van der Waals surface area (Å²) in [7, 11) is 1.58. The third-order valence-electron chi connectivity index (χ3n) is 5.41. The van der Waals surface area contributed by atoms with Crippen LogP contribution in [0.1, 0.15) is 30.2 Å². The van der Waals surface area contributed by atoms with E-state index in [-0.39, 0.29) is 5.43 Å². The van der Waals surface area contributed by atoms with E-state index in [2.05, 4.69) is 5.32 Å². The van der Waals surface area contributed by atoms with E-state index >= 15 is 0 Å². The third kappa shape index (κ3) is 4.56. The van der Waals surface area contributed by atoms with Gasteiger partial charge in [0.1, 0.15) is 11.3 Å². The first kappa shape index (κ1) is 22.8. The van der Waals surface area contributed by atoms with Crippen LogP contribution in [-0.2, 0) is 16.0 Å². The lowest BCUT2D eigenvalue weighted by Crippen LogP contribution is -2.11. The fourth-order valence-corrected chi connectivity index (χ4v) is 3.96.